The molecule has 6 nitrogen and oxygen atoms in total. The van der Waals surface area contributed by atoms with Crippen molar-refractivity contribution in [3.8, 4) is 5.69 Å². The number of anilines is 1. The van der Waals surface area contributed by atoms with Crippen LogP contribution in [0.5, 0.6) is 0 Å². The number of hydrogen-bond donors (Lipinski definition) is 2. The molecule has 0 saturated carbocycles. The Hall–Kier alpha value is -3.36. The van der Waals surface area contributed by atoms with Gasteiger partial charge < -0.3 is 10.6 Å². The summed E-state index contributed by atoms with van der Waals surface area (Å²) in [7, 11) is 0. The number of amides is 1. The van der Waals surface area contributed by atoms with Crippen LogP contribution in [-0.2, 0) is 17.4 Å². The van der Waals surface area contributed by atoms with Gasteiger partial charge in [0.1, 0.15) is 5.82 Å². The van der Waals surface area contributed by atoms with E-state index in [1.165, 1.54) is 12.3 Å². The number of halogens is 3. The molecular weight excluding hydrogens is 383 g/mol. The molecule has 1 amide bonds. The first-order valence-corrected chi connectivity index (χ1v) is 9.05. The van der Waals surface area contributed by atoms with Crippen molar-refractivity contribution in [2.24, 2.45) is 0 Å². The molecule has 29 heavy (non-hydrogen) atoms. The second-order valence-corrected chi connectivity index (χ2v) is 6.30. The number of para-hydroxylation sites is 1. The van der Waals surface area contributed by atoms with Crippen LogP contribution in [0.3, 0.4) is 0 Å². The van der Waals surface area contributed by atoms with E-state index in [1.54, 1.807) is 10.9 Å². The third-order valence-electron chi connectivity index (χ3n) is 4.15. The fourth-order valence-electron chi connectivity index (χ4n) is 2.72. The van der Waals surface area contributed by atoms with Gasteiger partial charge in [0.15, 0.2) is 0 Å². The summed E-state index contributed by atoms with van der Waals surface area (Å²) in [5.41, 5.74) is 1.02. The van der Waals surface area contributed by atoms with Gasteiger partial charge in [-0.25, -0.2) is 9.67 Å². The van der Waals surface area contributed by atoms with Crippen molar-refractivity contribution in [3.05, 3.63) is 72.2 Å². The van der Waals surface area contributed by atoms with Crippen molar-refractivity contribution >= 4 is 11.7 Å². The quantitative estimate of drug-likeness (QED) is 0.565. The monoisotopic (exact) mass is 403 g/mol. The van der Waals surface area contributed by atoms with E-state index >= 15 is 0 Å². The van der Waals surface area contributed by atoms with Gasteiger partial charge in [-0.2, -0.15) is 18.3 Å². The maximum Gasteiger partial charge on any atom is 0.419 e. The summed E-state index contributed by atoms with van der Waals surface area (Å²) in [4.78, 5) is 15.7. The maximum atomic E-state index is 12.9. The molecule has 0 bridgehead atoms. The van der Waals surface area contributed by atoms with Crippen LogP contribution in [0.4, 0.5) is 19.0 Å². The minimum Gasteiger partial charge on any atom is -0.368 e. The SMILES string of the molecule is O=C(CCc1cnn(-c2ccccc2)c1)NCCNc1ncccc1C(F)(F)F. The Morgan fingerprint density at radius 3 is 2.62 bits per heavy atom. The number of alkyl halides is 3. The fraction of sp³-hybridized carbons (Fsp3) is 0.250. The van der Waals surface area contributed by atoms with E-state index in [0.717, 1.165) is 17.3 Å². The third-order valence-corrected chi connectivity index (χ3v) is 4.15. The molecular formula is C20H20F3N5O. The number of carbonyl (C=O) groups is 1. The Labute approximate surface area is 165 Å². The van der Waals surface area contributed by atoms with Gasteiger partial charge in [-0.15, -0.1) is 0 Å². The van der Waals surface area contributed by atoms with Crippen LogP contribution < -0.4 is 10.6 Å². The highest BCUT2D eigenvalue weighted by atomic mass is 19.4. The summed E-state index contributed by atoms with van der Waals surface area (Å²) in [6.45, 7) is 0.327. The van der Waals surface area contributed by atoms with Gasteiger partial charge in [-0.05, 0) is 36.2 Å². The van der Waals surface area contributed by atoms with Crippen LogP contribution >= 0.6 is 0 Å². The van der Waals surface area contributed by atoms with E-state index in [-0.39, 0.29) is 31.2 Å². The first-order valence-electron chi connectivity index (χ1n) is 9.05. The maximum absolute atomic E-state index is 12.9. The molecule has 0 radical (unpaired) electrons. The van der Waals surface area contributed by atoms with Gasteiger partial charge in [0.25, 0.3) is 0 Å². The van der Waals surface area contributed by atoms with Crippen molar-refractivity contribution < 1.29 is 18.0 Å². The van der Waals surface area contributed by atoms with Crippen molar-refractivity contribution in [3.63, 3.8) is 0 Å². The van der Waals surface area contributed by atoms with Crippen molar-refractivity contribution in [1.82, 2.24) is 20.1 Å². The second kappa shape index (κ2) is 9.22. The molecule has 2 heterocycles. The molecule has 0 spiro atoms. The Morgan fingerprint density at radius 2 is 1.86 bits per heavy atom. The zero-order valence-electron chi connectivity index (χ0n) is 15.5. The minimum absolute atomic E-state index is 0.137. The van der Waals surface area contributed by atoms with Gasteiger partial charge in [-0.1, -0.05) is 18.2 Å². The first-order chi connectivity index (χ1) is 13.9. The summed E-state index contributed by atoms with van der Waals surface area (Å²) in [5, 5.41) is 9.57. The third kappa shape index (κ3) is 5.81. The fourth-order valence-corrected chi connectivity index (χ4v) is 2.72. The molecule has 0 atom stereocenters. The molecule has 1 aromatic carbocycles. The Morgan fingerprint density at radius 1 is 1.07 bits per heavy atom. The lowest BCUT2D eigenvalue weighted by molar-refractivity contribution is -0.137. The van der Waals surface area contributed by atoms with E-state index in [1.807, 2.05) is 36.5 Å². The molecule has 3 aromatic rings. The average Bonchev–Trinajstić information content (AvgIpc) is 3.19. The van der Waals surface area contributed by atoms with Gasteiger partial charge in [0, 0.05) is 31.9 Å². The molecule has 0 aliphatic heterocycles. The Kier molecular flexibility index (Phi) is 6.48. The van der Waals surface area contributed by atoms with E-state index in [0.29, 0.717) is 6.42 Å². The summed E-state index contributed by atoms with van der Waals surface area (Å²) in [5.74, 6) is -0.432. The van der Waals surface area contributed by atoms with Crippen LogP contribution in [0, 0.1) is 0 Å². The molecule has 0 aliphatic carbocycles. The van der Waals surface area contributed by atoms with Gasteiger partial charge in [0.05, 0.1) is 17.4 Å². The molecule has 2 N–H and O–H groups in total. The van der Waals surface area contributed by atoms with Crippen LogP contribution in [0.15, 0.2) is 61.1 Å². The molecule has 0 saturated heterocycles. The van der Waals surface area contributed by atoms with Crippen molar-refractivity contribution in [2.75, 3.05) is 18.4 Å². The van der Waals surface area contributed by atoms with Gasteiger partial charge >= 0.3 is 6.18 Å². The number of nitrogens with zero attached hydrogens (tertiary/aromatic N) is 3. The topological polar surface area (TPSA) is 71.8 Å². The van der Waals surface area contributed by atoms with Crippen LogP contribution in [0.25, 0.3) is 5.69 Å². The lowest BCUT2D eigenvalue weighted by atomic mass is 10.2. The van der Waals surface area contributed by atoms with Gasteiger partial charge in [0.2, 0.25) is 5.91 Å². The predicted molar refractivity (Wildman–Crippen MR) is 103 cm³/mol. The second-order valence-electron chi connectivity index (χ2n) is 6.30. The summed E-state index contributed by atoms with van der Waals surface area (Å²) < 4.78 is 40.4. The van der Waals surface area contributed by atoms with E-state index < -0.39 is 11.7 Å². The number of pyridine rings is 1. The van der Waals surface area contributed by atoms with E-state index in [9.17, 15) is 18.0 Å². The standard InChI is InChI=1S/C20H20F3N5O/c21-20(22,23)17-7-4-10-25-19(17)26-12-11-24-18(29)9-8-15-13-27-28(14-15)16-5-2-1-3-6-16/h1-7,10,13-14H,8-9,11-12H2,(H,24,29)(H,25,26). The first kappa shape index (κ1) is 20.4. The number of aromatic nitrogens is 3. The smallest absolute Gasteiger partial charge is 0.368 e. The van der Waals surface area contributed by atoms with Crippen molar-refractivity contribution in [2.45, 2.75) is 19.0 Å². The highest BCUT2D eigenvalue weighted by Gasteiger charge is 2.33. The number of benzene rings is 1. The number of nitrogens with one attached hydrogen (secondary N) is 2. The molecule has 9 heteroatoms. The van der Waals surface area contributed by atoms with Crippen molar-refractivity contribution in [1.29, 1.82) is 0 Å². The van der Waals surface area contributed by atoms with Crippen LogP contribution in [-0.4, -0.2) is 33.8 Å². The van der Waals surface area contributed by atoms with E-state index in [4.69, 9.17) is 0 Å². The summed E-state index contributed by atoms with van der Waals surface area (Å²) in [6.07, 6.45) is 1.16. The number of carbonyl (C=O) groups excluding carboxylic acids is 1. The molecule has 2 aromatic heterocycles. The van der Waals surface area contributed by atoms with Crippen LogP contribution in [0.2, 0.25) is 0 Å². The lowest BCUT2D eigenvalue weighted by Gasteiger charge is -2.13. The minimum atomic E-state index is -4.48. The molecule has 0 fully saturated rings. The highest BCUT2D eigenvalue weighted by molar-refractivity contribution is 5.76. The molecule has 152 valence electrons. The van der Waals surface area contributed by atoms with Crippen LogP contribution in [0.1, 0.15) is 17.5 Å². The zero-order valence-corrected chi connectivity index (χ0v) is 15.5. The Bertz CT molecular complexity index is 941. The number of aryl methyl sites for hydroxylation is 1. The molecule has 3 rings (SSSR count). The predicted octanol–water partition coefficient (Wildman–Crippen LogP) is 3.45. The largest absolute Gasteiger partial charge is 0.419 e. The summed E-state index contributed by atoms with van der Waals surface area (Å²) in [6, 6.07) is 11.8. The highest BCUT2D eigenvalue weighted by Crippen LogP contribution is 2.33. The van der Waals surface area contributed by atoms with E-state index in [2.05, 4.69) is 20.7 Å². The normalized spacial score (nSPS) is 11.3. The summed E-state index contributed by atoms with van der Waals surface area (Å²) >= 11 is 0. The molecule has 0 unspecified atom stereocenters. The Balaban J connectivity index is 1.41. The average molecular weight is 403 g/mol. The zero-order chi connectivity index (χ0) is 20.7. The number of hydrogen-bond acceptors (Lipinski definition) is 4. The number of rotatable bonds is 8. The lowest BCUT2D eigenvalue weighted by Crippen LogP contribution is -2.29. The van der Waals surface area contributed by atoms with Gasteiger partial charge in [-0.3, -0.25) is 4.79 Å². The molecule has 0 aliphatic rings.